The van der Waals surface area contributed by atoms with Crippen LogP contribution in [0, 0.1) is 0 Å². The number of hydrogen-bond donors (Lipinski definition) is 3. The number of rotatable bonds is 20. The van der Waals surface area contributed by atoms with Gasteiger partial charge in [0.2, 0.25) is 0 Å². The zero-order chi connectivity index (χ0) is 34.6. The van der Waals surface area contributed by atoms with E-state index in [1.165, 1.54) is 7.11 Å². The standard InChI is InChI=1S/C31H49N3O12/c1-30(2,3)45-24(35)11-12-32-26(36)25(34-29(39)46-31(4,5)6)27(37)33-13-14-41-15-16-42-17-18-43-19-20-44-23-10-8-9-22(21-23)28(38)40-7/h8-10,21,25H,11-20H2,1-7H3,(H,32,36)(H,33,37)(H,34,39). The normalized spacial score (nSPS) is 12.0. The van der Waals surface area contributed by atoms with Gasteiger partial charge < -0.3 is 49.1 Å². The van der Waals surface area contributed by atoms with Gasteiger partial charge in [0.25, 0.3) is 11.8 Å². The molecule has 1 unspecified atom stereocenters. The molecule has 0 aliphatic carbocycles. The first kappa shape index (κ1) is 40.1. The molecule has 0 fully saturated rings. The van der Waals surface area contributed by atoms with Crippen molar-refractivity contribution in [3.8, 4) is 5.75 Å². The highest BCUT2D eigenvalue weighted by molar-refractivity contribution is 6.06. The second kappa shape index (κ2) is 21.0. The van der Waals surface area contributed by atoms with E-state index in [2.05, 4.69) is 20.7 Å². The maximum Gasteiger partial charge on any atom is 0.408 e. The summed E-state index contributed by atoms with van der Waals surface area (Å²) < 4.78 is 36.9. The van der Waals surface area contributed by atoms with Crippen LogP contribution in [0.2, 0.25) is 0 Å². The van der Waals surface area contributed by atoms with Gasteiger partial charge in [-0.1, -0.05) is 6.07 Å². The highest BCUT2D eigenvalue weighted by Crippen LogP contribution is 2.14. The Morgan fingerprint density at radius 3 is 1.83 bits per heavy atom. The summed E-state index contributed by atoms with van der Waals surface area (Å²) in [6.07, 6.45) is -1.07. The van der Waals surface area contributed by atoms with E-state index in [0.717, 1.165) is 0 Å². The fraction of sp³-hybridized carbons (Fsp3) is 0.645. The van der Waals surface area contributed by atoms with Gasteiger partial charge in [-0.25, -0.2) is 9.59 Å². The Morgan fingerprint density at radius 1 is 0.717 bits per heavy atom. The smallest absolute Gasteiger partial charge is 0.408 e. The zero-order valence-corrected chi connectivity index (χ0v) is 27.9. The van der Waals surface area contributed by atoms with Crippen LogP contribution in [0.4, 0.5) is 4.79 Å². The van der Waals surface area contributed by atoms with Crippen LogP contribution < -0.4 is 20.7 Å². The summed E-state index contributed by atoms with van der Waals surface area (Å²) >= 11 is 0. The topological polar surface area (TPSA) is 186 Å². The van der Waals surface area contributed by atoms with Crippen LogP contribution in [0.1, 0.15) is 58.3 Å². The number of nitrogens with one attached hydrogen (secondary N) is 3. The van der Waals surface area contributed by atoms with Gasteiger partial charge in [0.15, 0.2) is 6.04 Å². The molecule has 1 aromatic rings. The van der Waals surface area contributed by atoms with Crippen molar-refractivity contribution in [1.82, 2.24) is 16.0 Å². The molecule has 0 aromatic heterocycles. The molecule has 0 heterocycles. The number of carbonyl (C=O) groups is 5. The summed E-state index contributed by atoms with van der Waals surface area (Å²) in [6.45, 7) is 12.0. The SMILES string of the molecule is COC(=O)c1cccc(OCCOCCOCCOCCNC(=O)C(NC(=O)OC(C)(C)C)C(=O)NCCC(=O)OC(C)(C)C)c1. The van der Waals surface area contributed by atoms with Crippen LogP contribution >= 0.6 is 0 Å². The third kappa shape index (κ3) is 19.4. The lowest BCUT2D eigenvalue weighted by Gasteiger charge is -2.23. The average Bonchev–Trinajstić information content (AvgIpc) is 2.95. The molecule has 0 aliphatic rings. The van der Waals surface area contributed by atoms with Gasteiger partial charge in [0.05, 0.1) is 58.7 Å². The summed E-state index contributed by atoms with van der Waals surface area (Å²) in [5, 5.41) is 7.25. The Hall–Kier alpha value is -3.95. The maximum atomic E-state index is 12.7. The van der Waals surface area contributed by atoms with Crippen molar-refractivity contribution in [2.45, 2.75) is 65.2 Å². The van der Waals surface area contributed by atoms with E-state index in [4.69, 9.17) is 28.4 Å². The fourth-order valence-electron chi connectivity index (χ4n) is 3.40. The molecule has 1 atom stereocenters. The molecule has 15 nitrogen and oxygen atoms in total. The van der Waals surface area contributed by atoms with Crippen LogP contribution in [0.25, 0.3) is 0 Å². The van der Waals surface area contributed by atoms with Gasteiger partial charge in [-0.05, 0) is 59.7 Å². The largest absolute Gasteiger partial charge is 0.491 e. The maximum absolute atomic E-state index is 12.7. The number of hydrogen-bond acceptors (Lipinski definition) is 12. The third-order valence-electron chi connectivity index (χ3n) is 5.28. The summed E-state index contributed by atoms with van der Waals surface area (Å²) in [4.78, 5) is 61.2. The number of alkyl carbamates (subject to hydrolysis) is 1. The fourth-order valence-corrected chi connectivity index (χ4v) is 3.40. The molecule has 46 heavy (non-hydrogen) atoms. The number of carbonyl (C=O) groups excluding carboxylic acids is 5. The number of methoxy groups -OCH3 is 1. The highest BCUT2D eigenvalue weighted by Gasteiger charge is 2.30. The van der Waals surface area contributed by atoms with E-state index in [-0.39, 0.29) is 39.3 Å². The predicted molar refractivity (Wildman–Crippen MR) is 165 cm³/mol. The molecule has 0 radical (unpaired) electrons. The molecule has 3 amide bonds. The highest BCUT2D eigenvalue weighted by atomic mass is 16.6. The van der Waals surface area contributed by atoms with Crippen LogP contribution in [0.5, 0.6) is 5.75 Å². The molecule has 15 heteroatoms. The molecule has 0 bridgehead atoms. The van der Waals surface area contributed by atoms with Gasteiger partial charge in [-0.2, -0.15) is 0 Å². The second-order valence-corrected chi connectivity index (χ2v) is 11.7. The molecule has 1 aromatic carbocycles. The molecule has 0 saturated heterocycles. The van der Waals surface area contributed by atoms with Crippen molar-refractivity contribution in [3.63, 3.8) is 0 Å². The Labute approximate surface area is 270 Å². The predicted octanol–water partition coefficient (Wildman–Crippen LogP) is 1.76. The first-order chi connectivity index (χ1) is 21.6. The van der Waals surface area contributed by atoms with E-state index in [0.29, 0.717) is 37.7 Å². The Balaban J connectivity index is 2.28. The minimum Gasteiger partial charge on any atom is -0.491 e. The Kier molecular flexibility index (Phi) is 18.3. The lowest BCUT2D eigenvalue weighted by atomic mass is 10.2. The van der Waals surface area contributed by atoms with Crippen LogP contribution in [-0.2, 0) is 42.8 Å². The lowest BCUT2D eigenvalue weighted by molar-refractivity contribution is -0.154. The van der Waals surface area contributed by atoms with Crippen molar-refractivity contribution >= 4 is 29.8 Å². The molecular weight excluding hydrogens is 606 g/mol. The molecule has 1 rings (SSSR count). The van der Waals surface area contributed by atoms with E-state index in [1.54, 1.807) is 65.8 Å². The van der Waals surface area contributed by atoms with Gasteiger partial charge >= 0.3 is 18.0 Å². The number of benzene rings is 1. The molecule has 0 spiro atoms. The quantitative estimate of drug-likeness (QED) is 0.0801. The van der Waals surface area contributed by atoms with Gasteiger partial charge in [0, 0.05) is 13.1 Å². The Bertz CT molecular complexity index is 1110. The minimum atomic E-state index is -1.60. The summed E-state index contributed by atoms with van der Waals surface area (Å²) in [7, 11) is 1.31. The van der Waals surface area contributed by atoms with Gasteiger partial charge in [-0.15, -0.1) is 0 Å². The first-order valence-corrected chi connectivity index (χ1v) is 14.9. The molecule has 0 aliphatic heterocycles. The molecule has 260 valence electrons. The number of ether oxygens (including phenoxy) is 7. The van der Waals surface area contributed by atoms with Crippen molar-refractivity contribution in [3.05, 3.63) is 29.8 Å². The molecular formula is C31H49N3O12. The Morgan fingerprint density at radius 2 is 1.26 bits per heavy atom. The minimum absolute atomic E-state index is 0.0577. The van der Waals surface area contributed by atoms with Crippen molar-refractivity contribution in [1.29, 1.82) is 0 Å². The van der Waals surface area contributed by atoms with Crippen molar-refractivity contribution in [2.75, 3.05) is 66.4 Å². The van der Waals surface area contributed by atoms with Gasteiger partial charge in [0.1, 0.15) is 23.6 Å². The summed E-state index contributed by atoms with van der Waals surface area (Å²) in [5.41, 5.74) is -1.13. The average molecular weight is 656 g/mol. The first-order valence-electron chi connectivity index (χ1n) is 14.9. The molecule has 3 N–H and O–H groups in total. The number of esters is 2. The number of amides is 3. The second-order valence-electron chi connectivity index (χ2n) is 11.7. The van der Waals surface area contributed by atoms with Crippen molar-refractivity contribution in [2.24, 2.45) is 0 Å². The monoisotopic (exact) mass is 655 g/mol. The van der Waals surface area contributed by atoms with E-state index >= 15 is 0 Å². The van der Waals surface area contributed by atoms with Crippen LogP contribution in [-0.4, -0.2) is 114 Å². The summed E-state index contributed by atoms with van der Waals surface area (Å²) in [6, 6.07) is 5.05. The molecule has 0 saturated carbocycles. The van der Waals surface area contributed by atoms with Crippen molar-refractivity contribution < 1.29 is 57.1 Å². The van der Waals surface area contributed by atoms with E-state index in [9.17, 15) is 24.0 Å². The van der Waals surface area contributed by atoms with Crippen LogP contribution in [0.3, 0.4) is 0 Å². The zero-order valence-electron chi connectivity index (χ0n) is 27.9. The van der Waals surface area contributed by atoms with Crippen LogP contribution in [0.15, 0.2) is 24.3 Å². The summed E-state index contributed by atoms with van der Waals surface area (Å²) in [5.74, 6) is -2.03. The third-order valence-corrected chi connectivity index (χ3v) is 5.28. The van der Waals surface area contributed by atoms with E-state index in [1.807, 2.05) is 0 Å². The van der Waals surface area contributed by atoms with Gasteiger partial charge in [-0.3, -0.25) is 14.4 Å². The lowest BCUT2D eigenvalue weighted by Crippen LogP contribution is -2.56. The van der Waals surface area contributed by atoms with E-state index < -0.39 is 47.1 Å².